The topological polar surface area (TPSA) is 138 Å². The Morgan fingerprint density at radius 3 is 2.46 bits per heavy atom. The summed E-state index contributed by atoms with van der Waals surface area (Å²) < 4.78 is 54.6. The highest BCUT2D eigenvalue weighted by Gasteiger charge is 2.31. The molecule has 0 unspecified atom stereocenters. The van der Waals surface area contributed by atoms with Gasteiger partial charge in [-0.3, -0.25) is 9.52 Å². The summed E-state index contributed by atoms with van der Waals surface area (Å²) in [6.07, 6.45) is 1.50. The minimum Gasteiger partial charge on any atom is -0.490 e. The SMILES string of the molecule is C[C@@H]1CCCCO[C@@H](CN(C)C(=O)Nc2ccccc2)[C@H](C)CN([C@H](C)CO)C(=O)c2cc(NS(=O)(=O)c3ccc(F)cc3)ccc2O1. The van der Waals surface area contributed by atoms with Crippen LogP contribution in [0.3, 0.4) is 0 Å². The van der Waals surface area contributed by atoms with Crippen molar-refractivity contribution in [3.05, 3.63) is 84.2 Å². The molecule has 0 fully saturated rings. The molecule has 4 rings (SSSR count). The minimum atomic E-state index is -4.10. The van der Waals surface area contributed by atoms with Crippen LogP contribution < -0.4 is 14.8 Å². The van der Waals surface area contributed by atoms with Crippen molar-refractivity contribution in [2.24, 2.45) is 5.92 Å². The Hall–Kier alpha value is -4.20. The summed E-state index contributed by atoms with van der Waals surface area (Å²) in [5.41, 5.74) is 0.889. The van der Waals surface area contributed by atoms with Crippen molar-refractivity contribution in [3.8, 4) is 5.75 Å². The predicted octanol–water partition coefficient (Wildman–Crippen LogP) is 5.59. The molecule has 13 heteroatoms. The number of nitrogens with one attached hydrogen (secondary N) is 2. The van der Waals surface area contributed by atoms with Crippen LogP contribution in [0.5, 0.6) is 5.75 Å². The molecule has 0 bridgehead atoms. The number of rotatable bonds is 8. The van der Waals surface area contributed by atoms with Crippen molar-refractivity contribution >= 4 is 33.3 Å². The fourth-order valence-corrected chi connectivity index (χ4v) is 6.42. The van der Waals surface area contributed by atoms with Crippen LogP contribution in [0.25, 0.3) is 0 Å². The Kier molecular flexibility index (Phi) is 12.8. The molecule has 3 N–H and O–H groups in total. The van der Waals surface area contributed by atoms with E-state index in [2.05, 4.69) is 10.0 Å². The molecule has 0 spiro atoms. The van der Waals surface area contributed by atoms with Gasteiger partial charge in [-0.05, 0) is 87.7 Å². The van der Waals surface area contributed by atoms with Gasteiger partial charge in [-0.25, -0.2) is 17.6 Å². The van der Waals surface area contributed by atoms with Crippen LogP contribution >= 0.6 is 0 Å². The number of para-hydroxylation sites is 1. The van der Waals surface area contributed by atoms with Crippen molar-refractivity contribution in [2.75, 3.05) is 43.4 Å². The zero-order chi connectivity index (χ0) is 34.8. The fraction of sp³-hybridized carbons (Fsp3) is 0.429. The van der Waals surface area contributed by atoms with Crippen molar-refractivity contribution in [1.82, 2.24) is 9.80 Å². The van der Waals surface area contributed by atoms with Crippen molar-refractivity contribution in [1.29, 1.82) is 0 Å². The normalized spacial score (nSPS) is 20.1. The van der Waals surface area contributed by atoms with Crippen LogP contribution in [0, 0.1) is 11.7 Å². The van der Waals surface area contributed by atoms with Gasteiger partial charge in [-0.2, -0.15) is 0 Å². The molecule has 0 radical (unpaired) electrons. The van der Waals surface area contributed by atoms with Gasteiger partial charge < -0.3 is 29.7 Å². The van der Waals surface area contributed by atoms with Gasteiger partial charge in [0.15, 0.2) is 0 Å². The van der Waals surface area contributed by atoms with Crippen LogP contribution in [0.1, 0.15) is 50.4 Å². The third-order valence-electron chi connectivity index (χ3n) is 8.25. The molecule has 48 heavy (non-hydrogen) atoms. The molecule has 260 valence electrons. The number of carbonyl (C=O) groups is 2. The standard InChI is InChI=1S/C35H45FN4O7S/c1-24-21-40(25(2)23-41)34(42)31-20-29(38-48(44,45)30-16-13-27(36)14-17-30)15-18-32(31)47-26(3)10-8-9-19-46-33(24)22-39(4)35(43)37-28-11-6-5-7-12-28/h5-7,11-18,20,24-26,33,38,41H,8-10,19,21-23H2,1-4H3,(H,37,43)/t24-,25-,26-,33+/m1/s1. The van der Waals surface area contributed by atoms with E-state index < -0.39 is 33.9 Å². The number of aliphatic hydroxyl groups excluding tert-OH is 1. The van der Waals surface area contributed by atoms with E-state index in [9.17, 15) is 27.5 Å². The summed E-state index contributed by atoms with van der Waals surface area (Å²) in [5.74, 6) is -1.04. The second-order valence-corrected chi connectivity index (χ2v) is 13.9. The van der Waals surface area contributed by atoms with Gasteiger partial charge in [0.25, 0.3) is 15.9 Å². The number of fused-ring (bicyclic) bond motifs is 1. The first kappa shape index (κ1) is 36.6. The largest absolute Gasteiger partial charge is 0.490 e. The average Bonchev–Trinajstić information content (AvgIpc) is 3.06. The van der Waals surface area contributed by atoms with Gasteiger partial charge in [0.05, 0.1) is 35.3 Å². The van der Waals surface area contributed by atoms with E-state index in [1.807, 2.05) is 32.0 Å². The van der Waals surface area contributed by atoms with Gasteiger partial charge in [0, 0.05) is 44.0 Å². The highest BCUT2D eigenvalue weighted by atomic mass is 32.2. The van der Waals surface area contributed by atoms with Crippen LogP contribution in [0.2, 0.25) is 0 Å². The highest BCUT2D eigenvalue weighted by Crippen LogP contribution is 2.29. The zero-order valence-electron chi connectivity index (χ0n) is 27.8. The molecule has 0 saturated carbocycles. The highest BCUT2D eigenvalue weighted by molar-refractivity contribution is 7.92. The number of urea groups is 1. The molecule has 1 aliphatic rings. The summed E-state index contributed by atoms with van der Waals surface area (Å²) in [7, 11) is -2.42. The third-order valence-corrected chi connectivity index (χ3v) is 9.65. The first-order chi connectivity index (χ1) is 22.9. The van der Waals surface area contributed by atoms with Crippen LogP contribution in [0.15, 0.2) is 77.7 Å². The molecule has 3 aromatic rings. The second kappa shape index (κ2) is 16.8. The van der Waals surface area contributed by atoms with E-state index in [1.54, 1.807) is 37.1 Å². The fourth-order valence-electron chi connectivity index (χ4n) is 5.37. The van der Waals surface area contributed by atoms with E-state index in [1.165, 1.54) is 17.0 Å². The van der Waals surface area contributed by atoms with Crippen LogP contribution in [-0.4, -0.2) is 86.9 Å². The molecule has 0 aromatic heterocycles. The predicted molar refractivity (Wildman–Crippen MR) is 182 cm³/mol. The third kappa shape index (κ3) is 9.91. The second-order valence-electron chi connectivity index (χ2n) is 12.2. The van der Waals surface area contributed by atoms with Gasteiger partial charge in [0.2, 0.25) is 0 Å². The average molecular weight is 685 g/mol. The van der Waals surface area contributed by atoms with Gasteiger partial charge in [-0.1, -0.05) is 25.1 Å². The Morgan fingerprint density at radius 2 is 1.77 bits per heavy atom. The molecular formula is C35H45FN4O7S. The van der Waals surface area contributed by atoms with Gasteiger partial charge in [-0.15, -0.1) is 0 Å². The Bertz CT molecular complexity index is 1630. The Labute approximate surface area is 282 Å². The first-order valence-corrected chi connectivity index (χ1v) is 17.6. The smallest absolute Gasteiger partial charge is 0.321 e. The van der Waals surface area contributed by atoms with E-state index >= 15 is 0 Å². The summed E-state index contributed by atoms with van der Waals surface area (Å²) in [4.78, 5) is 30.3. The lowest BCUT2D eigenvalue weighted by molar-refractivity contribution is -0.0115. The van der Waals surface area contributed by atoms with Crippen LogP contribution in [-0.2, 0) is 14.8 Å². The summed E-state index contributed by atoms with van der Waals surface area (Å²) in [5, 5.41) is 13.1. The number of likely N-dealkylation sites (N-methyl/N-ethyl adjacent to an activating group) is 1. The molecule has 1 heterocycles. The van der Waals surface area contributed by atoms with Crippen molar-refractivity contribution < 1.29 is 37.0 Å². The molecule has 3 amide bonds. The lowest BCUT2D eigenvalue weighted by Crippen LogP contribution is -2.48. The summed E-state index contributed by atoms with van der Waals surface area (Å²) >= 11 is 0. The number of hydrogen-bond donors (Lipinski definition) is 3. The monoisotopic (exact) mass is 684 g/mol. The summed E-state index contributed by atoms with van der Waals surface area (Å²) in [6.45, 7) is 6.08. The number of sulfonamides is 1. The number of carbonyl (C=O) groups excluding carboxylic acids is 2. The number of halogens is 1. The zero-order valence-corrected chi connectivity index (χ0v) is 28.6. The Morgan fingerprint density at radius 1 is 1.06 bits per heavy atom. The molecule has 0 aliphatic carbocycles. The maximum atomic E-state index is 14.3. The van der Waals surface area contributed by atoms with Crippen molar-refractivity contribution in [3.63, 3.8) is 0 Å². The number of benzene rings is 3. The number of nitrogens with zero attached hydrogens (tertiary/aromatic N) is 2. The molecule has 11 nitrogen and oxygen atoms in total. The minimum absolute atomic E-state index is 0.112. The molecule has 1 aliphatic heterocycles. The van der Waals surface area contributed by atoms with Gasteiger partial charge >= 0.3 is 6.03 Å². The number of ether oxygens (including phenoxy) is 2. The molecule has 4 atom stereocenters. The molecular weight excluding hydrogens is 639 g/mol. The maximum absolute atomic E-state index is 14.3. The first-order valence-electron chi connectivity index (χ1n) is 16.1. The van der Waals surface area contributed by atoms with E-state index in [0.717, 1.165) is 37.1 Å². The Balaban J connectivity index is 1.63. The van der Waals surface area contributed by atoms with E-state index in [0.29, 0.717) is 18.7 Å². The lowest BCUT2D eigenvalue weighted by atomic mass is 10.0. The maximum Gasteiger partial charge on any atom is 0.321 e. The number of amides is 3. The van der Waals surface area contributed by atoms with Crippen LogP contribution in [0.4, 0.5) is 20.6 Å². The number of hydrogen-bond acceptors (Lipinski definition) is 7. The van der Waals surface area contributed by atoms with E-state index in [-0.39, 0.29) is 59.6 Å². The summed E-state index contributed by atoms with van der Waals surface area (Å²) in [6, 6.07) is 17.1. The molecule has 3 aromatic carbocycles. The number of aliphatic hydroxyl groups is 1. The quantitative estimate of drug-likeness (QED) is 0.282. The van der Waals surface area contributed by atoms with Gasteiger partial charge in [0.1, 0.15) is 11.6 Å². The van der Waals surface area contributed by atoms with E-state index in [4.69, 9.17) is 9.47 Å². The molecule has 0 saturated heterocycles. The number of anilines is 2. The lowest BCUT2D eigenvalue weighted by Gasteiger charge is -2.35. The van der Waals surface area contributed by atoms with Crippen molar-refractivity contribution in [2.45, 2.75) is 63.2 Å².